The standard InChI is InChI=1S/C33H30N4O5S/c1-40-24-16-14-23(15-17-24)37-33-30(31(35-37)22-9-4-3-5-10-22)32(26-12-6-7-13-27(26)41-2)43-21-29(39)36(33)20-28(38)34-19-25-11-8-18-42-25/h3-18,32H,19-21H2,1-2H3,(H,34,38)/t32-/m1/s1. The summed E-state index contributed by atoms with van der Waals surface area (Å²) in [5.74, 6) is 2.18. The Kier molecular flexibility index (Phi) is 8.19. The van der Waals surface area contributed by atoms with Crippen molar-refractivity contribution in [1.82, 2.24) is 15.1 Å². The second kappa shape index (κ2) is 12.5. The number of para-hydroxylation sites is 1. The molecular weight excluding hydrogens is 564 g/mol. The summed E-state index contributed by atoms with van der Waals surface area (Å²) in [6.45, 7) is 0.0220. The van der Waals surface area contributed by atoms with Crippen LogP contribution in [0.1, 0.15) is 22.1 Å². The number of hydrogen-bond acceptors (Lipinski definition) is 7. The highest BCUT2D eigenvalue weighted by Crippen LogP contribution is 2.50. The number of carbonyl (C=O) groups is 2. The highest BCUT2D eigenvalue weighted by Gasteiger charge is 2.38. The first-order valence-electron chi connectivity index (χ1n) is 13.7. The highest BCUT2D eigenvalue weighted by atomic mass is 32.2. The molecule has 5 aromatic rings. The minimum Gasteiger partial charge on any atom is -0.497 e. The summed E-state index contributed by atoms with van der Waals surface area (Å²) in [5.41, 5.74) is 4.06. The molecule has 1 N–H and O–H groups in total. The van der Waals surface area contributed by atoms with Gasteiger partial charge in [0.25, 0.3) is 0 Å². The molecule has 9 nitrogen and oxygen atoms in total. The fourth-order valence-corrected chi connectivity index (χ4v) is 6.38. The molecule has 10 heteroatoms. The van der Waals surface area contributed by atoms with E-state index in [0.717, 1.165) is 22.4 Å². The molecule has 3 aromatic carbocycles. The number of thioether (sulfide) groups is 1. The Morgan fingerprint density at radius 1 is 0.977 bits per heavy atom. The van der Waals surface area contributed by atoms with Crippen molar-refractivity contribution in [2.75, 3.05) is 31.4 Å². The molecule has 0 radical (unpaired) electrons. The van der Waals surface area contributed by atoms with Crippen LogP contribution in [-0.4, -0.2) is 48.1 Å². The predicted molar refractivity (Wildman–Crippen MR) is 166 cm³/mol. The lowest BCUT2D eigenvalue weighted by atomic mass is 9.99. The quantitative estimate of drug-likeness (QED) is 0.236. The Morgan fingerprint density at radius 2 is 1.74 bits per heavy atom. The van der Waals surface area contributed by atoms with E-state index in [0.29, 0.717) is 28.8 Å². The number of amides is 2. The molecule has 0 saturated carbocycles. The minimum absolute atomic E-state index is 0.152. The zero-order valence-electron chi connectivity index (χ0n) is 23.7. The maximum Gasteiger partial charge on any atom is 0.240 e. The zero-order valence-corrected chi connectivity index (χ0v) is 24.5. The summed E-state index contributed by atoms with van der Waals surface area (Å²) in [4.78, 5) is 28.8. The van der Waals surface area contributed by atoms with Gasteiger partial charge in [0.05, 0.1) is 49.4 Å². The number of carbonyl (C=O) groups excluding carboxylic acids is 2. The monoisotopic (exact) mass is 594 g/mol. The van der Waals surface area contributed by atoms with Crippen LogP contribution in [0.15, 0.2) is 102 Å². The van der Waals surface area contributed by atoms with Gasteiger partial charge in [-0.2, -0.15) is 5.10 Å². The molecule has 0 spiro atoms. The number of fused-ring (bicyclic) bond motifs is 1. The van der Waals surface area contributed by atoms with Gasteiger partial charge >= 0.3 is 0 Å². The fraction of sp³-hybridized carbons (Fsp3) is 0.182. The van der Waals surface area contributed by atoms with Gasteiger partial charge in [-0.25, -0.2) is 4.68 Å². The molecule has 2 aromatic heterocycles. The first-order chi connectivity index (χ1) is 21.1. The van der Waals surface area contributed by atoms with Crippen LogP contribution in [0, 0.1) is 0 Å². The molecule has 0 saturated heterocycles. The maximum atomic E-state index is 13.9. The number of anilines is 1. The number of methoxy groups -OCH3 is 2. The van der Waals surface area contributed by atoms with Crippen LogP contribution in [0.4, 0.5) is 5.82 Å². The van der Waals surface area contributed by atoms with E-state index in [1.165, 1.54) is 11.8 Å². The Balaban J connectivity index is 1.55. The van der Waals surface area contributed by atoms with Crippen LogP contribution < -0.4 is 19.7 Å². The molecule has 218 valence electrons. The summed E-state index contributed by atoms with van der Waals surface area (Å²) in [5, 5.41) is 7.69. The molecule has 0 aliphatic carbocycles. The number of ether oxygens (including phenoxy) is 2. The number of nitrogens with one attached hydrogen (secondary N) is 1. The average Bonchev–Trinajstić information content (AvgIpc) is 3.69. The molecule has 1 aliphatic rings. The van der Waals surface area contributed by atoms with Crippen LogP contribution in [0.5, 0.6) is 11.5 Å². The van der Waals surface area contributed by atoms with Gasteiger partial charge in [0.1, 0.15) is 29.6 Å². The van der Waals surface area contributed by atoms with Gasteiger partial charge in [-0.05, 0) is 42.5 Å². The van der Waals surface area contributed by atoms with Gasteiger partial charge in [0, 0.05) is 16.7 Å². The van der Waals surface area contributed by atoms with Gasteiger partial charge in [0.15, 0.2) is 0 Å². The minimum atomic E-state index is -0.319. The van der Waals surface area contributed by atoms with Crippen LogP contribution in [-0.2, 0) is 16.1 Å². The summed E-state index contributed by atoms with van der Waals surface area (Å²) in [6.07, 6.45) is 1.56. The first-order valence-corrected chi connectivity index (χ1v) is 14.8. The van der Waals surface area contributed by atoms with E-state index in [-0.39, 0.29) is 35.9 Å². The lowest BCUT2D eigenvalue weighted by Crippen LogP contribution is -2.42. The highest BCUT2D eigenvalue weighted by molar-refractivity contribution is 8.00. The van der Waals surface area contributed by atoms with Gasteiger partial charge in [-0.15, -0.1) is 11.8 Å². The summed E-state index contributed by atoms with van der Waals surface area (Å²) >= 11 is 1.49. The molecule has 0 unspecified atom stereocenters. The Morgan fingerprint density at radius 3 is 2.47 bits per heavy atom. The first kappa shape index (κ1) is 28.2. The predicted octanol–water partition coefficient (Wildman–Crippen LogP) is 5.64. The van der Waals surface area contributed by atoms with Gasteiger partial charge < -0.3 is 19.2 Å². The molecule has 1 atom stereocenters. The van der Waals surface area contributed by atoms with Crippen molar-refractivity contribution < 1.29 is 23.5 Å². The van der Waals surface area contributed by atoms with Crippen molar-refractivity contribution in [3.05, 3.63) is 114 Å². The van der Waals surface area contributed by atoms with E-state index < -0.39 is 0 Å². The third-order valence-corrected chi connectivity index (χ3v) is 8.45. The average molecular weight is 595 g/mol. The SMILES string of the molecule is COc1ccc(-n2nc(-c3ccccc3)c3c2N(CC(=O)NCc2ccco2)C(=O)CS[C@@H]3c2ccccc2OC)cc1. The number of aromatic nitrogens is 2. The Labute approximate surface area is 253 Å². The molecule has 43 heavy (non-hydrogen) atoms. The van der Waals surface area contributed by atoms with Gasteiger partial charge in [-0.1, -0.05) is 48.5 Å². The number of rotatable bonds is 9. The maximum absolute atomic E-state index is 13.9. The second-order valence-electron chi connectivity index (χ2n) is 9.83. The van der Waals surface area contributed by atoms with Crippen LogP contribution in [0.2, 0.25) is 0 Å². The van der Waals surface area contributed by atoms with E-state index in [4.69, 9.17) is 19.0 Å². The largest absolute Gasteiger partial charge is 0.497 e. The summed E-state index contributed by atoms with van der Waals surface area (Å²) < 4.78 is 18.3. The number of benzene rings is 3. The zero-order chi connectivity index (χ0) is 29.8. The van der Waals surface area contributed by atoms with Crippen molar-refractivity contribution in [3.63, 3.8) is 0 Å². The fourth-order valence-electron chi connectivity index (χ4n) is 5.16. The third kappa shape index (κ3) is 5.74. The van der Waals surface area contributed by atoms with Crippen LogP contribution >= 0.6 is 11.8 Å². The number of hydrogen-bond donors (Lipinski definition) is 1. The Bertz CT molecular complexity index is 1720. The lowest BCUT2D eigenvalue weighted by Gasteiger charge is -2.23. The lowest BCUT2D eigenvalue weighted by molar-refractivity contribution is -0.123. The van der Waals surface area contributed by atoms with Crippen molar-refractivity contribution >= 4 is 29.4 Å². The summed E-state index contributed by atoms with van der Waals surface area (Å²) in [7, 11) is 3.25. The van der Waals surface area contributed by atoms with E-state index in [2.05, 4.69) is 5.32 Å². The van der Waals surface area contributed by atoms with Crippen molar-refractivity contribution in [2.45, 2.75) is 11.8 Å². The van der Waals surface area contributed by atoms with Gasteiger partial charge in [0.2, 0.25) is 11.8 Å². The van der Waals surface area contributed by atoms with Crippen molar-refractivity contribution in [3.8, 4) is 28.4 Å². The van der Waals surface area contributed by atoms with Crippen molar-refractivity contribution in [2.24, 2.45) is 0 Å². The van der Waals surface area contributed by atoms with E-state index in [1.807, 2.05) is 78.9 Å². The smallest absolute Gasteiger partial charge is 0.240 e. The van der Waals surface area contributed by atoms with E-state index in [1.54, 1.807) is 42.2 Å². The summed E-state index contributed by atoms with van der Waals surface area (Å²) in [6, 6.07) is 28.7. The molecular formula is C33H30N4O5S. The Hall–Kier alpha value is -4.96. The normalized spacial score (nSPS) is 14.6. The van der Waals surface area contributed by atoms with Crippen LogP contribution in [0.3, 0.4) is 0 Å². The molecule has 0 fully saturated rings. The number of furan rings is 1. The molecule has 1 aliphatic heterocycles. The van der Waals surface area contributed by atoms with E-state index >= 15 is 0 Å². The topological polar surface area (TPSA) is 98.8 Å². The second-order valence-corrected chi connectivity index (χ2v) is 10.9. The molecule has 3 heterocycles. The van der Waals surface area contributed by atoms with Gasteiger partial charge in [-0.3, -0.25) is 14.5 Å². The molecule has 2 amide bonds. The molecule has 0 bridgehead atoms. The number of nitrogens with zero attached hydrogens (tertiary/aromatic N) is 3. The van der Waals surface area contributed by atoms with E-state index in [9.17, 15) is 9.59 Å². The van der Waals surface area contributed by atoms with Crippen LogP contribution in [0.25, 0.3) is 16.9 Å². The molecule has 6 rings (SSSR count). The third-order valence-electron chi connectivity index (χ3n) is 7.22. The van der Waals surface area contributed by atoms with Crippen molar-refractivity contribution in [1.29, 1.82) is 0 Å².